The number of benzene rings is 1. The van der Waals surface area contributed by atoms with E-state index in [1.165, 1.54) is 0 Å². The third-order valence-corrected chi connectivity index (χ3v) is 3.80. The van der Waals surface area contributed by atoms with E-state index in [2.05, 4.69) is 22.4 Å². The second-order valence-electron chi connectivity index (χ2n) is 6.00. The Balaban J connectivity index is 2.44. The maximum absolute atomic E-state index is 11.6. The number of hydrogen-bond acceptors (Lipinski definition) is 3. The van der Waals surface area contributed by atoms with Crippen LogP contribution in [0.1, 0.15) is 33.6 Å². The van der Waals surface area contributed by atoms with E-state index in [-0.39, 0.29) is 0 Å². The number of unbranched alkanes of at least 4 members (excludes halogenated alkanes) is 1. The molecule has 1 heterocycles. The molecule has 0 radical (unpaired) electrons. The van der Waals surface area contributed by atoms with Gasteiger partial charge in [-0.2, -0.15) is 0 Å². The first-order valence-corrected chi connectivity index (χ1v) is 7.98. The van der Waals surface area contributed by atoms with E-state index in [1.807, 2.05) is 41.1 Å². The second-order valence-corrected chi connectivity index (χ2v) is 6.00. The zero-order valence-electron chi connectivity index (χ0n) is 14.3. The topological polar surface area (TPSA) is 84.2 Å². The van der Waals surface area contributed by atoms with Crippen molar-refractivity contribution in [3.8, 4) is 0 Å². The Kier molecular flexibility index (Phi) is 5.68. The summed E-state index contributed by atoms with van der Waals surface area (Å²) >= 11 is 0. The molecule has 1 N–H and O–H groups in total. The number of aromatic nitrogens is 2. The highest BCUT2D eigenvalue weighted by atomic mass is 16.4. The molecule has 128 valence electrons. The largest absolute Gasteiger partial charge is 0.480 e. The van der Waals surface area contributed by atoms with Crippen molar-refractivity contribution in [2.45, 2.75) is 45.7 Å². The van der Waals surface area contributed by atoms with Crippen molar-refractivity contribution < 1.29 is 9.90 Å². The van der Waals surface area contributed by atoms with Crippen LogP contribution in [0.5, 0.6) is 0 Å². The number of rotatable bonds is 7. The summed E-state index contributed by atoms with van der Waals surface area (Å²) in [4.78, 5) is 11.6. The van der Waals surface area contributed by atoms with Crippen LogP contribution in [-0.2, 0) is 16.9 Å². The molecule has 0 saturated heterocycles. The van der Waals surface area contributed by atoms with Gasteiger partial charge in [0.25, 0.3) is 0 Å². The van der Waals surface area contributed by atoms with Gasteiger partial charge in [-0.15, -0.1) is 5.11 Å². The summed E-state index contributed by atoms with van der Waals surface area (Å²) in [6.07, 6.45) is 5.56. The lowest BCUT2D eigenvalue weighted by Crippen LogP contribution is -2.43. The van der Waals surface area contributed by atoms with Crippen molar-refractivity contribution in [1.29, 1.82) is 0 Å². The summed E-state index contributed by atoms with van der Waals surface area (Å²) in [5, 5.41) is 21.6. The van der Waals surface area contributed by atoms with E-state index in [4.69, 9.17) is 0 Å². The van der Waals surface area contributed by atoms with Crippen LogP contribution in [0.3, 0.4) is 0 Å². The monoisotopic (exact) mass is 329 g/mol. The minimum Gasteiger partial charge on any atom is -0.480 e. The lowest BCUT2D eigenvalue weighted by molar-refractivity contribution is -0.145. The van der Waals surface area contributed by atoms with Crippen molar-refractivity contribution in [3.63, 3.8) is 0 Å². The first kappa shape index (κ1) is 17.7. The molecule has 0 fully saturated rings. The SMILES string of the molecule is CCCCn1ccn(C(C)(C)C(=O)O)/c1=N\N=Nc1ccccc1. The molecule has 0 aliphatic heterocycles. The highest BCUT2D eigenvalue weighted by Gasteiger charge is 2.30. The molecule has 7 heteroatoms. The van der Waals surface area contributed by atoms with Gasteiger partial charge in [-0.25, -0.2) is 4.79 Å². The van der Waals surface area contributed by atoms with Crippen LogP contribution in [0.25, 0.3) is 0 Å². The summed E-state index contributed by atoms with van der Waals surface area (Å²) in [5.41, 5.74) is 0.0333. The lowest BCUT2D eigenvalue weighted by Gasteiger charge is -2.21. The number of aliphatic carboxylic acids is 1. The Bertz CT molecular complexity index is 772. The fourth-order valence-electron chi connectivity index (χ4n) is 2.18. The Morgan fingerprint density at radius 1 is 1.21 bits per heavy atom. The smallest absolute Gasteiger partial charge is 0.329 e. The molecule has 0 bridgehead atoms. The number of carbonyl (C=O) groups is 1. The predicted molar refractivity (Wildman–Crippen MR) is 90.8 cm³/mol. The van der Waals surface area contributed by atoms with Gasteiger partial charge in [-0.3, -0.25) is 4.57 Å². The van der Waals surface area contributed by atoms with Crippen LogP contribution in [-0.4, -0.2) is 20.2 Å². The van der Waals surface area contributed by atoms with Gasteiger partial charge in [0, 0.05) is 18.9 Å². The molecule has 0 aliphatic carbocycles. The number of aryl methyl sites for hydroxylation is 1. The molecule has 2 aromatic rings. The number of nitrogens with zero attached hydrogens (tertiary/aromatic N) is 5. The Morgan fingerprint density at radius 2 is 1.92 bits per heavy atom. The predicted octanol–water partition coefficient (Wildman–Crippen LogP) is 3.51. The molecule has 1 aromatic heterocycles. The van der Waals surface area contributed by atoms with Crippen LogP contribution in [0.4, 0.5) is 5.69 Å². The molecule has 2 rings (SSSR count). The number of hydrogen-bond donors (Lipinski definition) is 1. The van der Waals surface area contributed by atoms with Gasteiger partial charge in [0.05, 0.1) is 5.69 Å². The van der Waals surface area contributed by atoms with Gasteiger partial charge in [0.2, 0.25) is 5.62 Å². The quantitative estimate of drug-likeness (QED) is 0.622. The van der Waals surface area contributed by atoms with Crippen LogP contribution in [0.2, 0.25) is 0 Å². The van der Waals surface area contributed by atoms with E-state index in [0.717, 1.165) is 19.4 Å². The second kappa shape index (κ2) is 7.72. The maximum atomic E-state index is 11.6. The lowest BCUT2D eigenvalue weighted by atomic mass is 10.1. The standard InChI is InChI=1S/C17H23N5O2/c1-4-5-11-21-12-13-22(17(2,3)15(23)24)16(21)19-20-18-14-9-7-6-8-10-14/h6-10,12-13H,4-5,11H2,1-3H3,(H,23,24)/b19-16-,20-18?. The average molecular weight is 329 g/mol. The third kappa shape index (κ3) is 3.98. The summed E-state index contributed by atoms with van der Waals surface area (Å²) in [5.74, 6) is -0.933. The zero-order chi connectivity index (χ0) is 17.6. The molecule has 0 aliphatic rings. The first-order chi connectivity index (χ1) is 11.5. The fraction of sp³-hybridized carbons (Fsp3) is 0.412. The summed E-state index contributed by atoms with van der Waals surface area (Å²) in [6.45, 7) is 6.11. The van der Waals surface area contributed by atoms with Crippen molar-refractivity contribution >= 4 is 11.7 Å². The Hall–Kier alpha value is -2.70. The minimum absolute atomic E-state index is 0.468. The third-order valence-electron chi connectivity index (χ3n) is 3.80. The van der Waals surface area contributed by atoms with Gasteiger partial charge in [0.1, 0.15) is 5.54 Å². The number of carboxylic acid groups (broad SMARTS) is 1. The van der Waals surface area contributed by atoms with E-state index >= 15 is 0 Å². The highest BCUT2D eigenvalue weighted by molar-refractivity contribution is 5.75. The average Bonchev–Trinajstić information content (AvgIpc) is 2.97. The van der Waals surface area contributed by atoms with Crippen LogP contribution < -0.4 is 5.62 Å². The van der Waals surface area contributed by atoms with Crippen LogP contribution in [0, 0.1) is 0 Å². The molecule has 24 heavy (non-hydrogen) atoms. The molecule has 0 saturated carbocycles. The first-order valence-electron chi connectivity index (χ1n) is 7.98. The highest BCUT2D eigenvalue weighted by Crippen LogP contribution is 2.13. The fourth-order valence-corrected chi connectivity index (χ4v) is 2.18. The van der Waals surface area contributed by atoms with Crippen molar-refractivity contribution in [2.75, 3.05) is 0 Å². The molecule has 0 unspecified atom stereocenters. The van der Waals surface area contributed by atoms with Gasteiger partial charge in [0.15, 0.2) is 0 Å². The Labute approximate surface area is 141 Å². The van der Waals surface area contributed by atoms with E-state index < -0.39 is 11.5 Å². The zero-order valence-corrected chi connectivity index (χ0v) is 14.3. The normalized spacial score (nSPS) is 12.9. The Morgan fingerprint density at radius 3 is 2.54 bits per heavy atom. The summed E-state index contributed by atoms with van der Waals surface area (Å²) in [6, 6.07) is 9.28. The van der Waals surface area contributed by atoms with Crippen molar-refractivity contribution in [3.05, 3.63) is 48.3 Å². The number of carboxylic acids is 1. The summed E-state index contributed by atoms with van der Waals surface area (Å²) in [7, 11) is 0. The van der Waals surface area contributed by atoms with Crippen molar-refractivity contribution in [1.82, 2.24) is 9.13 Å². The molecule has 0 spiro atoms. The molecule has 0 atom stereocenters. The molecular weight excluding hydrogens is 306 g/mol. The summed E-state index contributed by atoms with van der Waals surface area (Å²) < 4.78 is 3.51. The van der Waals surface area contributed by atoms with Crippen molar-refractivity contribution in [2.24, 2.45) is 15.4 Å². The van der Waals surface area contributed by atoms with Gasteiger partial charge < -0.3 is 9.67 Å². The molecule has 7 nitrogen and oxygen atoms in total. The van der Waals surface area contributed by atoms with E-state index in [0.29, 0.717) is 11.3 Å². The van der Waals surface area contributed by atoms with Crippen LogP contribution >= 0.6 is 0 Å². The maximum Gasteiger partial charge on any atom is 0.329 e. The van der Waals surface area contributed by atoms with E-state index in [1.54, 1.807) is 24.6 Å². The van der Waals surface area contributed by atoms with Gasteiger partial charge in [-0.05, 0) is 37.6 Å². The molecular formula is C17H23N5O2. The van der Waals surface area contributed by atoms with Crippen LogP contribution in [0.15, 0.2) is 58.2 Å². The molecule has 0 amide bonds. The minimum atomic E-state index is -1.13. The number of imidazole rings is 1. The van der Waals surface area contributed by atoms with Gasteiger partial charge >= 0.3 is 5.97 Å². The van der Waals surface area contributed by atoms with E-state index in [9.17, 15) is 9.90 Å². The molecule has 1 aromatic carbocycles. The van der Waals surface area contributed by atoms with Gasteiger partial charge in [-0.1, -0.05) is 36.6 Å².